The quantitative estimate of drug-likeness (QED) is 0.903. The van der Waals surface area contributed by atoms with E-state index >= 15 is 0 Å². The van der Waals surface area contributed by atoms with Crippen LogP contribution in [0.3, 0.4) is 0 Å². The number of carboxylic acid groups (broad SMARTS) is 1. The van der Waals surface area contributed by atoms with Crippen molar-refractivity contribution in [2.75, 3.05) is 24.6 Å². The van der Waals surface area contributed by atoms with Gasteiger partial charge in [0.25, 0.3) is 0 Å². The van der Waals surface area contributed by atoms with Gasteiger partial charge in [0.15, 0.2) is 0 Å². The molecule has 4 nitrogen and oxygen atoms in total. The zero-order chi connectivity index (χ0) is 14.4. The van der Waals surface area contributed by atoms with E-state index in [1.54, 1.807) is 4.90 Å². The van der Waals surface area contributed by atoms with E-state index in [2.05, 4.69) is 18.2 Å². The Hall–Kier alpha value is -1.75. The fraction of sp³-hybridized carbons (Fsp3) is 0.333. The van der Waals surface area contributed by atoms with Crippen LogP contribution in [0.5, 0.6) is 0 Å². The smallest absolute Gasteiger partial charge is 0.313 e. The first-order valence-corrected chi connectivity index (χ1v) is 7.64. The second-order valence-corrected chi connectivity index (χ2v) is 5.56. The minimum Gasteiger partial charge on any atom is -0.481 e. The lowest BCUT2D eigenvalue weighted by molar-refractivity contribution is -0.133. The number of nitrogens with zero attached hydrogens (tertiary/aromatic N) is 1. The third kappa shape index (κ3) is 4.13. The van der Waals surface area contributed by atoms with Gasteiger partial charge < -0.3 is 10.0 Å². The Balaban J connectivity index is 1.85. The Labute approximate surface area is 122 Å². The van der Waals surface area contributed by atoms with Crippen molar-refractivity contribution in [1.82, 2.24) is 4.90 Å². The Bertz CT molecular complexity index is 513. The highest BCUT2D eigenvalue weighted by Crippen LogP contribution is 2.22. The summed E-state index contributed by atoms with van der Waals surface area (Å²) in [6.45, 7) is 1.31. The summed E-state index contributed by atoms with van der Waals surface area (Å²) in [6, 6.07) is 10.2. The summed E-state index contributed by atoms with van der Waals surface area (Å²) in [4.78, 5) is 24.1. The first kappa shape index (κ1) is 14.7. The zero-order valence-corrected chi connectivity index (χ0v) is 11.9. The third-order valence-electron chi connectivity index (χ3n) is 3.16. The molecule has 0 radical (unpaired) electrons. The largest absolute Gasteiger partial charge is 0.481 e. The molecule has 1 aliphatic rings. The predicted molar refractivity (Wildman–Crippen MR) is 80.6 cm³/mol. The van der Waals surface area contributed by atoms with Crippen LogP contribution in [0.2, 0.25) is 0 Å². The van der Waals surface area contributed by atoms with Crippen LogP contribution in [0.25, 0.3) is 5.57 Å². The molecule has 1 aliphatic heterocycles. The van der Waals surface area contributed by atoms with Gasteiger partial charge in [0.2, 0.25) is 5.91 Å². The molecule has 0 aliphatic carbocycles. The Morgan fingerprint density at radius 1 is 1.20 bits per heavy atom. The molecule has 5 heteroatoms. The average Bonchev–Trinajstić information content (AvgIpc) is 2.48. The third-order valence-corrected chi connectivity index (χ3v) is 4.06. The summed E-state index contributed by atoms with van der Waals surface area (Å²) < 4.78 is 0. The molecule has 1 N–H and O–H groups in total. The van der Waals surface area contributed by atoms with Gasteiger partial charge in [-0.15, -0.1) is 11.8 Å². The molecule has 1 heterocycles. The van der Waals surface area contributed by atoms with Crippen molar-refractivity contribution >= 4 is 29.2 Å². The van der Waals surface area contributed by atoms with Gasteiger partial charge in [-0.25, -0.2) is 0 Å². The van der Waals surface area contributed by atoms with Crippen molar-refractivity contribution in [2.24, 2.45) is 0 Å². The molecule has 0 unspecified atom stereocenters. The van der Waals surface area contributed by atoms with E-state index in [0.717, 1.165) is 18.2 Å². The summed E-state index contributed by atoms with van der Waals surface area (Å²) in [5.74, 6) is -0.654. The molecule has 20 heavy (non-hydrogen) atoms. The van der Waals surface area contributed by atoms with Crippen LogP contribution in [-0.4, -0.2) is 46.5 Å². The van der Waals surface area contributed by atoms with Gasteiger partial charge in [-0.3, -0.25) is 9.59 Å². The lowest BCUT2D eigenvalue weighted by Gasteiger charge is -2.26. The molecule has 0 spiro atoms. The number of carbonyl (C=O) groups excluding carboxylic acids is 1. The monoisotopic (exact) mass is 291 g/mol. The lowest BCUT2D eigenvalue weighted by atomic mass is 10.00. The minimum atomic E-state index is -0.882. The Morgan fingerprint density at radius 3 is 2.55 bits per heavy atom. The normalized spacial score (nSPS) is 14.8. The number of amides is 1. The maximum Gasteiger partial charge on any atom is 0.313 e. The van der Waals surface area contributed by atoms with Gasteiger partial charge in [0.1, 0.15) is 0 Å². The van der Waals surface area contributed by atoms with E-state index in [1.807, 2.05) is 18.2 Å². The number of carbonyl (C=O) groups is 2. The fourth-order valence-corrected chi connectivity index (χ4v) is 2.76. The van der Waals surface area contributed by atoms with E-state index in [1.165, 1.54) is 11.1 Å². The van der Waals surface area contributed by atoms with Crippen LogP contribution in [0, 0.1) is 0 Å². The highest BCUT2D eigenvalue weighted by molar-refractivity contribution is 8.00. The number of carboxylic acids is 1. The van der Waals surface area contributed by atoms with Crippen molar-refractivity contribution < 1.29 is 14.7 Å². The maximum absolute atomic E-state index is 11.9. The van der Waals surface area contributed by atoms with Gasteiger partial charge in [-0.05, 0) is 17.6 Å². The Morgan fingerprint density at radius 2 is 1.95 bits per heavy atom. The fourth-order valence-electron chi connectivity index (χ4n) is 2.13. The molecule has 1 aromatic carbocycles. The number of thioether (sulfide) groups is 1. The van der Waals surface area contributed by atoms with E-state index < -0.39 is 5.97 Å². The molecule has 106 valence electrons. The van der Waals surface area contributed by atoms with Crippen LogP contribution in [0.15, 0.2) is 36.4 Å². The maximum atomic E-state index is 11.9. The average molecular weight is 291 g/mol. The van der Waals surface area contributed by atoms with Gasteiger partial charge in [0.05, 0.1) is 11.5 Å². The van der Waals surface area contributed by atoms with Crippen molar-refractivity contribution in [3.05, 3.63) is 42.0 Å². The number of hydrogen-bond donors (Lipinski definition) is 1. The van der Waals surface area contributed by atoms with Crippen LogP contribution >= 0.6 is 11.8 Å². The molecular formula is C15H17NO3S. The van der Waals surface area contributed by atoms with Crippen molar-refractivity contribution in [2.45, 2.75) is 6.42 Å². The van der Waals surface area contributed by atoms with Gasteiger partial charge in [-0.1, -0.05) is 36.4 Å². The van der Waals surface area contributed by atoms with Crippen molar-refractivity contribution in [3.8, 4) is 0 Å². The first-order valence-electron chi connectivity index (χ1n) is 6.48. The molecule has 2 rings (SSSR count). The van der Waals surface area contributed by atoms with E-state index in [0.29, 0.717) is 13.1 Å². The molecule has 0 atom stereocenters. The SMILES string of the molecule is O=C(O)CSCC(=O)N1CC=C(c2ccccc2)CC1. The molecule has 1 amide bonds. The lowest BCUT2D eigenvalue weighted by Crippen LogP contribution is -2.36. The van der Waals surface area contributed by atoms with Gasteiger partial charge >= 0.3 is 5.97 Å². The van der Waals surface area contributed by atoms with Crippen molar-refractivity contribution in [3.63, 3.8) is 0 Å². The highest BCUT2D eigenvalue weighted by Gasteiger charge is 2.17. The summed E-state index contributed by atoms with van der Waals surface area (Å²) in [5, 5.41) is 8.54. The highest BCUT2D eigenvalue weighted by atomic mass is 32.2. The number of benzene rings is 1. The molecule has 0 bridgehead atoms. The topological polar surface area (TPSA) is 57.6 Å². The van der Waals surface area contributed by atoms with Crippen LogP contribution < -0.4 is 0 Å². The first-order chi connectivity index (χ1) is 9.66. The van der Waals surface area contributed by atoms with Gasteiger partial charge in [-0.2, -0.15) is 0 Å². The summed E-state index contributed by atoms with van der Waals surface area (Å²) in [6.07, 6.45) is 2.93. The zero-order valence-electron chi connectivity index (χ0n) is 11.1. The van der Waals surface area contributed by atoms with E-state index in [9.17, 15) is 9.59 Å². The number of hydrogen-bond acceptors (Lipinski definition) is 3. The van der Waals surface area contributed by atoms with Crippen LogP contribution in [0.1, 0.15) is 12.0 Å². The van der Waals surface area contributed by atoms with Crippen molar-refractivity contribution in [1.29, 1.82) is 0 Å². The molecule has 0 saturated carbocycles. The molecule has 0 fully saturated rings. The van der Waals surface area contributed by atoms with E-state index in [-0.39, 0.29) is 17.4 Å². The standard InChI is InChI=1S/C15H17NO3S/c17-14(10-20-11-15(18)19)16-8-6-13(7-9-16)12-4-2-1-3-5-12/h1-6H,7-11H2,(H,18,19). The molecule has 1 aromatic rings. The summed E-state index contributed by atoms with van der Waals surface area (Å²) in [5.41, 5.74) is 2.48. The Kier molecular flexibility index (Phi) is 5.24. The second kappa shape index (κ2) is 7.14. The number of rotatable bonds is 5. The van der Waals surface area contributed by atoms with Crippen LogP contribution in [0.4, 0.5) is 0 Å². The molecule has 0 aromatic heterocycles. The molecular weight excluding hydrogens is 274 g/mol. The molecule has 0 saturated heterocycles. The number of aliphatic carboxylic acids is 1. The minimum absolute atomic E-state index is 0.0135. The summed E-state index contributed by atoms with van der Waals surface area (Å²) >= 11 is 1.15. The van der Waals surface area contributed by atoms with Crippen LogP contribution in [-0.2, 0) is 9.59 Å². The predicted octanol–water partition coefficient (Wildman–Crippen LogP) is 2.12. The summed E-state index contributed by atoms with van der Waals surface area (Å²) in [7, 11) is 0. The second-order valence-electron chi connectivity index (χ2n) is 4.57. The van der Waals surface area contributed by atoms with E-state index in [4.69, 9.17) is 5.11 Å². The van der Waals surface area contributed by atoms with Gasteiger partial charge in [0, 0.05) is 13.1 Å².